The monoisotopic (exact) mass is 223 g/mol. The van der Waals surface area contributed by atoms with Gasteiger partial charge in [0.2, 0.25) is 0 Å². The van der Waals surface area contributed by atoms with Crippen molar-refractivity contribution in [3.8, 4) is 6.07 Å². The van der Waals surface area contributed by atoms with Crippen LogP contribution in [0.15, 0.2) is 12.3 Å². The normalized spacial score (nSPS) is 11.6. The third-order valence-electron chi connectivity index (χ3n) is 1.78. The summed E-state index contributed by atoms with van der Waals surface area (Å²) in [6, 6.07) is 2.96. The van der Waals surface area contributed by atoms with Crippen molar-refractivity contribution < 1.29 is 4.79 Å². The number of hydrogen-bond donors (Lipinski definition) is 1. The molecule has 5 heteroatoms. The molecule has 15 heavy (non-hydrogen) atoms. The van der Waals surface area contributed by atoms with Crippen molar-refractivity contribution in [2.75, 3.05) is 0 Å². The maximum atomic E-state index is 11.6. The molecule has 0 spiro atoms. The van der Waals surface area contributed by atoms with Gasteiger partial charge in [-0.1, -0.05) is 11.6 Å². The molecule has 0 fully saturated rings. The van der Waals surface area contributed by atoms with Gasteiger partial charge in [-0.2, -0.15) is 5.26 Å². The van der Waals surface area contributed by atoms with E-state index in [1.807, 2.05) is 6.07 Å². The molecular formula is C10H10ClN3O. The van der Waals surface area contributed by atoms with E-state index in [0.717, 1.165) is 5.69 Å². The average Bonchev–Trinajstić information content (AvgIpc) is 2.17. The van der Waals surface area contributed by atoms with Crippen LogP contribution in [0.25, 0.3) is 0 Å². The third-order valence-corrected chi connectivity index (χ3v) is 2.09. The minimum Gasteiger partial charge on any atom is -0.336 e. The van der Waals surface area contributed by atoms with Crippen molar-refractivity contribution in [1.29, 1.82) is 5.26 Å². The highest BCUT2D eigenvalue weighted by Crippen LogP contribution is 2.15. The van der Waals surface area contributed by atoms with E-state index in [2.05, 4.69) is 10.3 Å². The molecule has 4 nitrogen and oxygen atoms in total. The molecule has 1 unspecified atom stereocenters. The van der Waals surface area contributed by atoms with E-state index in [1.165, 1.54) is 6.20 Å². The molecule has 0 aliphatic heterocycles. The van der Waals surface area contributed by atoms with Gasteiger partial charge in [-0.3, -0.25) is 9.78 Å². The summed E-state index contributed by atoms with van der Waals surface area (Å²) in [4.78, 5) is 15.5. The maximum absolute atomic E-state index is 11.6. The van der Waals surface area contributed by atoms with Gasteiger partial charge in [-0.05, 0) is 19.9 Å². The quantitative estimate of drug-likeness (QED) is 0.830. The van der Waals surface area contributed by atoms with Crippen LogP contribution in [-0.2, 0) is 0 Å². The van der Waals surface area contributed by atoms with Crippen LogP contribution >= 0.6 is 11.6 Å². The fraction of sp³-hybridized carbons (Fsp3) is 0.300. The fourth-order valence-electron chi connectivity index (χ4n) is 1.00. The molecule has 1 aromatic rings. The van der Waals surface area contributed by atoms with Crippen LogP contribution in [0.3, 0.4) is 0 Å². The lowest BCUT2D eigenvalue weighted by Gasteiger charge is -2.07. The number of carbonyl (C=O) groups is 1. The number of halogens is 1. The molecular weight excluding hydrogens is 214 g/mol. The standard InChI is InChI=1S/C10H10ClN3O/c1-6-3-9(11)8(5-13-6)10(15)14-7(2)4-12/h3,5,7H,1-2H3,(H,14,15). The minimum atomic E-state index is -0.546. The summed E-state index contributed by atoms with van der Waals surface area (Å²) in [7, 11) is 0. The Labute approximate surface area is 92.9 Å². The second-order valence-electron chi connectivity index (χ2n) is 3.13. The second-order valence-corrected chi connectivity index (χ2v) is 3.54. The molecule has 0 aromatic carbocycles. The number of carbonyl (C=O) groups excluding carboxylic acids is 1. The first-order valence-corrected chi connectivity index (χ1v) is 4.75. The van der Waals surface area contributed by atoms with E-state index in [9.17, 15) is 4.79 Å². The van der Waals surface area contributed by atoms with Crippen LogP contribution < -0.4 is 5.32 Å². The molecule has 1 atom stereocenters. The molecule has 0 saturated carbocycles. The number of hydrogen-bond acceptors (Lipinski definition) is 3. The van der Waals surface area contributed by atoms with E-state index in [-0.39, 0.29) is 11.5 Å². The van der Waals surface area contributed by atoms with Crippen molar-refractivity contribution in [3.63, 3.8) is 0 Å². The number of rotatable bonds is 2. The number of pyridine rings is 1. The smallest absolute Gasteiger partial charge is 0.255 e. The Morgan fingerprint density at radius 3 is 2.93 bits per heavy atom. The molecule has 1 amide bonds. The summed E-state index contributed by atoms with van der Waals surface area (Å²) >= 11 is 5.87. The van der Waals surface area contributed by atoms with Gasteiger partial charge >= 0.3 is 0 Å². The molecule has 78 valence electrons. The van der Waals surface area contributed by atoms with Crippen LogP contribution in [0.4, 0.5) is 0 Å². The van der Waals surface area contributed by atoms with Gasteiger partial charge in [-0.25, -0.2) is 0 Å². The number of aromatic nitrogens is 1. The Kier molecular flexibility index (Phi) is 3.64. The summed E-state index contributed by atoms with van der Waals surface area (Å²) in [5.74, 6) is -0.387. The predicted octanol–water partition coefficient (Wildman–Crippen LogP) is 1.69. The summed E-state index contributed by atoms with van der Waals surface area (Å²) < 4.78 is 0. The Morgan fingerprint density at radius 2 is 2.40 bits per heavy atom. The van der Waals surface area contributed by atoms with Crippen LogP contribution in [0, 0.1) is 18.3 Å². The average molecular weight is 224 g/mol. The summed E-state index contributed by atoms with van der Waals surface area (Å²) in [5, 5.41) is 11.4. The molecule has 1 heterocycles. The zero-order chi connectivity index (χ0) is 11.4. The molecule has 0 bridgehead atoms. The van der Waals surface area contributed by atoms with Gasteiger partial charge in [0.05, 0.1) is 16.7 Å². The number of nitriles is 1. The predicted molar refractivity (Wildman–Crippen MR) is 56.5 cm³/mol. The first-order chi connectivity index (χ1) is 7.04. The first-order valence-electron chi connectivity index (χ1n) is 4.37. The number of amides is 1. The number of nitrogens with zero attached hydrogens (tertiary/aromatic N) is 2. The van der Waals surface area contributed by atoms with Crippen molar-refractivity contribution >= 4 is 17.5 Å². The zero-order valence-electron chi connectivity index (χ0n) is 8.41. The van der Waals surface area contributed by atoms with Crippen molar-refractivity contribution in [3.05, 3.63) is 28.5 Å². The van der Waals surface area contributed by atoms with E-state index in [1.54, 1.807) is 19.9 Å². The van der Waals surface area contributed by atoms with Crippen LogP contribution in [-0.4, -0.2) is 16.9 Å². The minimum absolute atomic E-state index is 0.282. The van der Waals surface area contributed by atoms with E-state index < -0.39 is 6.04 Å². The SMILES string of the molecule is Cc1cc(Cl)c(C(=O)NC(C)C#N)cn1. The second kappa shape index (κ2) is 4.76. The van der Waals surface area contributed by atoms with E-state index in [4.69, 9.17) is 16.9 Å². The molecule has 1 aromatic heterocycles. The molecule has 1 rings (SSSR count). The number of aryl methyl sites for hydroxylation is 1. The Hall–Kier alpha value is -1.60. The molecule has 0 saturated heterocycles. The van der Waals surface area contributed by atoms with Gasteiger partial charge in [0.1, 0.15) is 6.04 Å². The topological polar surface area (TPSA) is 65.8 Å². The van der Waals surface area contributed by atoms with Crippen molar-refractivity contribution in [2.45, 2.75) is 19.9 Å². The highest BCUT2D eigenvalue weighted by molar-refractivity contribution is 6.33. The Morgan fingerprint density at radius 1 is 1.73 bits per heavy atom. The molecule has 0 radical (unpaired) electrons. The largest absolute Gasteiger partial charge is 0.336 e. The fourth-order valence-corrected chi connectivity index (χ4v) is 1.29. The summed E-state index contributed by atoms with van der Waals surface area (Å²) in [5.41, 5.74) is 1.02. The highest BCUT2D eigenvalue weighted by atomic mass is 35.5. The van der Waals surface area contributed by atoms with Gasteiger partial charge in [0.15, 0.2) is 0 Å². The lowest BCUT2D eigenvalue weighted by Crippen LogP contribution is -2.31. The van der Waals surface area contributed by atoms with E-state index >= 15 is 0 Å². The summed E-state index contributed by atoms with van der Waals surface area (Å²) in [6.45, 7) is 3.37. The summed E-state index contributed by atoms with van der Waals surface area (Å²) in [6.07, 6.45) is 1.40. The maximum Gasteiger partial charge on any atom is 0.255 e. The van der Waals surface area contributed by atoms with E-state index in [0.29, 0.717) is 5.02 Å². The Bertz CT molecular complexity index is 425. The Balaban J connectivity index is 2.88. The third kappa shape index (κ3) is 2.93. The lowest BCUT2D eigenvalue weighted by molar-refractivity contribution is 0.0947. The lowest BCUT2D eigenvalue weighted by atomic mass is 10.2. The van der Waals surface area contributed by atoms with Gasteiger partial charge in [0.25, 0.3) is 5.91 Å². The van der Waals surface area contributed by atoms with Gasteiger partial charge in [-0.15, -0.1) is 0 Å². The highest BCUT2D eigenvalue weighted by Gasteiger charge is 2.12. The molecule has 0 aliphatic carbocycles. The van der Waals surface area contributed by atoms with Crippen LogP contribution in [0.1, 0.15) is 23.0 Å². The van der Waals surface area contributed by atoms with Gasteiger partial charge in [0, 0.05) is 11.9 Å². The van der Waals surface area contributed by atoms with Crippen LogP contribution in [0.5, 0.6) is 0 Å². The molecule has 0 aliphatic rings. The van der Waals surface area contributed by atoms with Crippen LogP contribution in [0.2, 0.25) is 5.02 Å². The number of nitrogens with one attached hydrogen (secondary N) is 1. The molecule has 1 N–H and O–H groups in total. The zero-order valence-corrected chi connectivity index (χ0v) is 9.17. The van der Waals surface area contributed by atoms with Crippen molar-refractivity contribution in [1.82, 2.24) is 10.3 Å². The van der Waals surface area contributed by atoms with Gasteiger partial charge < -0.3 is 5.32 Å². The van der Waals surface area contributed by atoms with Crippen molar-refractivity contribution in [2.24, 2.45) is 0 Å². The first kappa shape index (κ1) is 11.5.